The molecule has 8 heteroatoms. The van der Waals surface area contributed by atoms with Crippen molar-refractivity contribution in [2.24, 2.45) is 0 Å². The van der Waals surface area contributed by atoms with Gasteiger partial charge in [0.15, 0.2) is 11.5 Å². The number of ether oxygens (including phenoxy) is 2. The summed E-state index contributed by atoms with van der Waals surface area (Å²) in [4.78, 5) is 29.2. The van der Waals surface area contributed by atoms with Crippen LogP contribution >= 0.6 is 23.2 Å². The van der Waals surface area contributed by atoms with Crippen LogP contribution in [-0.2, 0) is 29.0 Å². The lowest BCUT2D eigenvalue weighted by molar-refractivity contribution is -0.141. The van der Waals surface area contributed by atoms with Gasteiger partial charge in [0.05, 0.1) is 14.2 Å². The molecule has 2 amide bonds. The van der Waals surface area contributed by atoms with Gasteiger partial charge in [0, 0.05) is 41.0 Å². The van der Waals surface area contributed by atoms with E-state index in [9.17, 15) is 9.59 Å². The number of nitrogens with one attached hydrogen (secondary N) is 1. The van der Waals surface area contributed by atoms with Crippen LogP contribution in [0.3, 0.4) is 0 Å². The highest BCUT2D eigenvalue weighted by molar-refractivity contribution is 6.36. The van der Waals surface area contributed by atoms with E-state index < -0.39 is 6.04 Å². The van der Waals surface area contributed by atoms with E-state index in [-0.39, 0.29) is 30.8 Å². The standard InChI is InChI=1S/C31H36Cl2N2O4/c1-5-21(2)34-31(37)27(18-22-10-7-6-8-11-22)35(20-24-25(32)12-9-13-26(24)33)30(36)17-15-23-14-16-28(38-3)29(19-23)39-4/h6-14,16,19,21,27H,5,15,17-18,20H2,1-4H3,(H,34,37)/t21-,27-/m1/s1. The van der Waals surface area contributed by atoms with Crippen LogP contribution in [0.4, 0.5) is 0 Å². The van der Waals surface area contributed by atoms with Gasteiger partial charge in [-0.05, 0) is 55.2 Å². The Bertz CT molecular complexity index is 1230. The van der Waals surface area contributed by atoms with E-state index in [4.69, 9.17) is 32.7 Å². The maximum Gasteiger partial charge on any atom is 0.243 e. The lowest BCUT2D eigenvalue weighted by atomic mass is 10.0. The molecular weight excluding hydrogens is 535 g/mol. The van der Waals surface area contributed by atoms with Crippen molar-refractivity contribution in [1.82, 2.24) is 10.2 Å². The minimum atomic E-state index is -0.758. The zero-order chi connectivity index (χ0) is 28.4. The molecule has 0 aliphatic carbocycles. The Hall–Kier alpha value is -3.22. The van der Waals surface area contributed by atoms with Crippen molar-refractivity contribution in [2.75, 3.05) is 14.2 Å². The van der Waals surface area contributed by atoms with Crippen LogP contribution in [0, 0.1) is 0 Å². The van der Waals surface area contributed by atoms with Gasteiger partial charge < -0.3 is 19.7 Å². The SMILES string of the molecule is CC[C@@H](C)NC(=O)[C@@H](Cc1ccccc1)N(Cc1c(Cl)cccc1Cl)C(=O)CCc1ccc(OC)c(OC)c1. The molecule has 0 unspecified atom stereocenters. The summed E-state index contributed by atoms with van der Waals surface area (Å²) in [5, 5.41) is 3.96. The van der Waals surface area contributed by atoms with Crippen molar-refractivity contribution >= 4 is 35.0 Å². The van der Waals surface area contributed by atoms with Crippen LogP contribution in [0.25, 0.3) is 0 Å². The van der Waals surface area contributed by atoms with Gasteiger partial charge >= 0.3 is 0 Å². The third-order valence-electron chi connectivity index (χ3n) is 6.74. The molecule has 0 radical (unpaired) electrons. The maximum atomic E-state index is 13.9. The molecule has 208 valence electrons. The highest BCUT2D eigenvalue weighted by Gasteiger charge is 2.31. The van der Waals surface area contributed by atoms with E-state index >= 15 is 0 Å². The minimum Gasteiger partial charge on any atom is -0.493 e. The topological polar surface area (TPSA) is 67.9 Å². The summed E-state index contributed by atoms with van der Waals surface area (Å²) in [7, 11) is 3.15. The number of nitrogens with zero attached hydrogens (tertiary/aromatic N) is 1. The highest BCUT2D eigenvalue weighted by atomic mass is 35.5. The predicted molar refractivity (Wildman–Crippen MR) is 157 cm³/mol. The van der Waals surface area contributed by atoms with E-state index in [0.717, 1.165) is 17.5 Å². The number of hydrogen-bond acceptors (Lipinski definition) is 4. The Morgan fingerprint density at radius 3 is 2.18 bits per heavy atom. The lowest BCUT2D eigenvalue weighted by Gasteiger charge is -2.33. The lowest BCUT2D eigenvalue weighted by Crippen LogP contribution is -2.52. The van der Waals surface area contributed by atoms with Crippen molar-refractivity contribution in [3.05, 3.63) is 93.5 Å². The summed E-state index contributed by atoms with van der Waals surface area (Å²) in [5.74, 6) is 0.820. The summed E-state index contributed by atoms with van der Waals surface area (Å²) < 4.78 is 10.7. The summed E-state index contributed by atoms with van der Waals surface area (Å²) >= 11 is 13.0. The fourth-order valence-corrected chi connectivity index (χ4v) is 4.80. The first-order valence-electron chi connectivity index (χ1n) is 13.0. The first-order chi connectivity index (χ1) is 18.8. The molecule has 39 heavy (non-hydrogen) atoms. The van der Waals surface area contributed by atoms with E-state index in [2.05, 4.69) is 5.32 Å². The van der Waals surface area contributed by atoms with Crippen molar-refractivity contribution in [2.45, 2.75) is 58.2 Å². The van der Waals surface area contributed by atoms with Crippen LogP contribution in [-0.4, -0.2) is 43.0 Å². The molecule has 0 spiro atoms. The van der Waals surface area contributed by atoms with E-state index in [0.29, 0.717) is 39.9 Å². The van der Waals surface area contributed by atoms with Crippen molar-refractivity contribution in [3.63, 3.8) is 0 Å². The predicted octanol–water partition coefficient (Wildman–Crippen LogP) is 6.50. The minimum absolute atomic E-state index is 0.0385. The van der Waals surface area contributed by atoms with Gasteiger partial charge in [-0.1, -0.05) is 72.6 Å². The normalized spacial score (nSPS) is 12.4. The molecule has 0 heterocycles. The smallest absolute Gasteiger partial charge is 0.243 e. The van der Waals surface area contributed by atoms with Gasteiger partial charge in [-0.2, -0.15) is 0 Å². The van der Waals surface area contributed by atoms with Gasteiger partial charge in [-0.3, -0.25) is 9.59 Å². The monoisotopic (exact) mass is 570 g/mol. The number of benzene rings is 3. The molecule has 0 aliphatic rings. The molecule has 0 fully saturated rings. The van der Waals surface area contributed by atoms with Crippen LogP contribution in [0.1, 0.15) is 43.4 Å². The average molecular weight is 572 g/mol. The molecular formula is C31H36Cl2N2O4. The Balaban J connectivity index is 1.96. The fourth-order valence-electron chi connectivity index (χ4n) is 4.28. The van der Waals surface area contributed by atoms with Crippen LogP contribution in [0.5, 0.6) is 11.5 Å². The Labute approximate surface area is 241 Å². The van der Waals surface area contributed by atoms with Crippen molar-refractivity contribution < 1.29 is 19.1 Å². The molecule has 3 rings (SSSR count). The second kappa shape index (κ2) is 14.8. The van der Waals surface area contributed by atoms with Gasteiger partial charge in [0.2, 0.25) is 11.8 Å². The Morgan fingerprint density at radius 1 is 0.897 bits per heavy atom. The van der Waals surface area contributed by atoms with Gasteiger partial charge in [0.25, 0.3) is 0 Å². The molecule has 6 nitrogen and oxygen atoms in total. The number of halogens is 2. The summed E-state index contributed by atoms with van der Waals surface area (Å²) in [6.07, 6.45) is 1.76. The molecule has 0 aromatic heterocycles. The molecule has 1 N–H and O–H groups in total. The number of methoxy groups -OCH3 is 2. The second-order valence-electron chi connectivity index (χ2n) is 9.43. The van der Waals surface area contributed by atoms with Crippen LogP contribution in [0.15, 0.2) is 66.7 Å². The first-order valence-corrected chi connectivity index (χ1v) is 13.8. The maximum absolute atomic E-state index is 13.9. The van der Waals surface area contributed by atoms with E-state index in [1.165, 1.54) is 0 Å². The molecule has 0 saturated carbocycles. The zero-order valence-corrected chi connectivity index (χ0v) is 24.4. The zero-order valence-electron chi connectivity index (χ0n) is 22.9. The van der Waals surface area contributed by atoms with E-state index in [1.54, 1.807) is 37.3 Å². The van der Waals surface area contributed by atoms with Gasteiger partial charge in [-0.15, -0.1) is 0 Å². The highest BCUT2D eigenvalue weighted by Crippen LogP contribution is 2.30. The van der Waals surface area contributed by atoms with Crippen LogP contribution in [0.2, 0.25) is 10.0 Å². The van der Waals surface area contributed by atoms with Gasteiger partial charge in [0.1, 0.15) is 6.04 Å². The Kier molecular flexibility index (Phi) is 11.5. The molecule has 3 aromatic rings. The number of carbonyl (C=O) groups excluding carboxylic acids is 2. The summed E-state index contributed by atoms with van der Waals surface area (Å²) in [6.45, 7) is 4.06. The molecule has 2 atom stereocenters. The van der Waals surface area contributed by atoms with Crippen LogP contribution < -0.4 is 14.8 Å². The number of carbonyl (C=O) groups is 2. The molecule has 3 aromatic carbocycles. The van der Waals surface area contributed by atoms with Gasteiger partial charge in [-0.25, -0.2) is 0 Å². The molecule has 0 saturated heterocycles. The number of rotatable bonds is 13. The van der Waals surface area contributed by atoms with Crippen molar-refractivity contribution in [1.29, 1.82) is 0 Å². The number of amides is 2. The largest absolute Gasteiger partial charge is 0.493 e. The summed E-state index contributed by atoms with van der Waals surface area (Å²) in [5.41, 5.74) is 2.47. The number of aryl methyl sites for hydroxylation is 1. The third-order valence-corrected chi connectivity index (χ3v) is 7.45. The third kappa shape index (κ3) is 8.38. The second-order valence-corrected chi connectivity index (χ2v) is 10.2. The molecule has 0 bridgehead atoms. The van der Waals surface area contributed by atoms with Crippen molar-refractivity contribution in [3.8, 4) is 11.5 Å². The average Bonchev–Trinajstić information content (AvgIpc) is 2.95. The van der Waals surface area contributed by atoms with E-state index in [1.807, 2.05) is 62.4 Å². The Morgan fingerprint density at radius 2 is 1.56 bits per heavy atom. The quantitative estimate of drug-likeness (QED) is 0.255. The first kappa shape index (κ1) is 30.3. The molecule has 0 aliphatic heterocycles. The fraction of sp³-hybridized carbons (Fsp3) is 0.355. The number of hydrogen-bond donors (Lipinski definition) is 1. The summed E-state index contributed by atoms with van der Waals surface area (Å²) in [6, 6.07) is 19.7.